The van der Waals surface area contributed by atoms with Crippen molar-refractivity contribution < 1.29 is 8.85 Å². The van der Waals surface area contributed by atoms with Crippen LogP contribution in [0.1, 0.15) is 34.1 Å². The molecule has 0 saturated heterocycles. The van der Waals surface area contributed by atoms with Crippen molar-refractivity contribution in [1.82, 2.24) is 0 Å². The molecule has 98 valence electrons. The van der Waals surface area contributed by atoms with Gasteiger partial charge in [0.2, 0.25) is 0 Å². The molecule has 16 heavy (non-hydrogen) atoms. The van der Waals surface area contributed by atoms with Crippen LogP contribution in [0.2, 0.25) is 12.6 Å². The van der Waals surface area contributed by atoms with Gasteiger partial charge < -0.3 is 14.6 Å². The van der Waals surface area contributed by atoms with Gasteiger partial charge in [0, 0.05) is 13.2 Å². The minimum Gasteiger partial charge on any atom is -0.394 e. The molecule has 4 heteroatoms. The Morgan fingerprint density at radius 3 is 1.75 bits per heavy atom. The van der Waals surface area contributed by atoms with Crippen molar-refractivity contribution in [3.8, 4) is 0 Å². The van der Waals surface area contributed by atoms with Gasteiger partial charge >= 0.3 is 8.56 Å². The molecule has 0 radical (unpaired) electrons. The molecular formula is C12H29NO2Si. The fourth-order valence-corrected chi connectivity index (χ4v) is 3.89. The fourth-order valence-electron chi connectivity index (χ4n) is 1.30. The summed E-state index contributed by atoms with van der Waals surface area (Å²) in [6, 6.07) is 1.00. The van der Waals surface area contributed by atoms with Crippen LogP contribution >= 0.6 is 0 Å². The smallest absolute Gasteiger partial charge is 0.334 e. The van der Waals surface area contributed by atoms with Crippen molar-refractivity contribution in [1.29, 1.82) is 0 Å². The van der Waals surface area contributed by atoms with Gasteiger partial charge in [0.15, 0.2) is 0 Å². The zero-order chi connectivity index (χ0) is 12.6. The maximum atomic E-state index is 6.00. The van der Waals surface area contributed by atoms with Crippen LogP contribution in [0.15, 0.2) is 0 Å². The third-order valence-corrected chi connectivity index (χ3v) is 5.10. The second-order valence-corrected chi connectivity index (χ2v) is 8.78. The summed E-state index contributed by atoms with van der Waals surface area (Å²) in [6.45, 7) is 13.1. The first-order valence-corrected chi connectivity index (χ1v) is 8.90. The van der Waals surface area contributed by atoms with Crippen LogP contribution in [0, 0.1) is 11.8 Å². The first-order chi connectivity index (χ1) is 7.39. The molecule has 0 aromatic carbocycles. The molecule has 2 N–H and O–H groups in total. The van der Waals surface area contributed by atoms with Crippen LogP contribution in [-0.4, -0.2) is 28.3 Å². The Morgan fingerprint density at radius 2 is 1.44 bits per heavy atom. The minimum absolute atomic E-state index is 0.562. The van der Waals surface area contributed by atoms with E-state index in [9.17, 15) is 0 Å². The zero-order valence-electron chi connectivity index (χ0n) is 11.6. The van der Waals surface area contributed by atoms with Gasteiger partial charge in [-0.25, -0.2) is 0 Å². The molecule has 0 amide bonds. The Kier molecular flexibility index (Phi) is 8.28. The van der Waals surface area contributed by atoms with Crippen molar-refractivity contribution in [2.45, 2.75) is 46.7 Å². The number of hydrogen-bond acceptors (Lipinski definition) is 3. The Balaban J connectivity index is 4.12. The van der Waals surface area contributed by atoms with Crippen LogP contribution in [0.4, 0.5) is 0 Å². The lowest BCUT2D eigenvalue weighted by atomic mass is 10.2. The molecule has 0 fully saturated rings. The van der Waals surface area contributed by atoms with Crippen molar-refractivity contribution in [3.63, 3.8) is 0 Å². The van der Waals surface area contributed by atoms with Crippen LogP contribution in [0.25, 0.3) is 0 Å². The lowest BCUT2D eigenvalue weighted by Crippen LogP contribution is -2.41. The van der Waals surface area contributed by atoms with Gasteiger partial charge in [-0.15, -0.1) is 0 Å². The van der Waals surface area contributed by atoms with E-state index in [1.165, 1.54) is 0 Å². The lowest BCUT2D eigenvalue weighted by Gasteiger charge is -2.28. The first-order valence-electron chi connectivity index (χ1n) is 6.37. The van der Waals surface area contributed by atoms with Gasteiger partial charge in [-0.2, -0.15) is 0 Å². The molecule has 0 heterocycles. The summed E-state index contributed by atoms with van der Waals surface area (Å²) in [4.78, 5) is 0. The topological polar surface area (TPSA) is 44.5 Å². The molecule has 0 aromatic heterocycles. The summed E-state index contributed by atoms with van der Waals surface area (Å²) in [5.41, 5.74) is 5.56. The Bertz CT molecular complexity index is 162. The van der Waals surface area contributed by atoms with E-state index in [1.54, 1.807) is 0 Å². The normalized spacial score (nSPS) is 12.8. The van der Waals surface area contributed by atoms with E-state index >= 15 is 0 Å². The highest BCUT2D eigenvalue weighted by Crippen LogP contribution is 2.18. The van der Waals surface area contributed by atoms with E-state index in [4.69, 9.17) is 14.6 Å². The van der Waals surface area contributed by atoms with Crippen molar-refractivity contribution in [2.75, 3.05) is 19.8 Å². The van der Waals surface area contributed by atoms with Crippen LogP contribution in [0.5, 0.6) is 0 Å². The predicted octanol–water partition coefficient (Wildman–Crippen LogP) is 2.75. The molecule has 0 saturated carbocycles. The highest BCUT2D eigenvalue weighted by Gasteiger charge is 2.31. The van der Waals surface area contributed by atoms with Gasteiger partial charge in [0.05, 0.1) is 0 Å². The maximum Gasteiger partial charge on any atom is 0.334 e. The molecule has 0 aromatic rings. The monoisotopic (exact) mass is 247 g/mol. The van der Waals surface area contributed by atoms with Gasteiger partial charge in [0.25, 0.3) is 0 Å². The SMILES string of the molecule is CC(C)CO[Si](C)(CCCN)OCC(C)C. The second-order valence-electron chi connectivity index (χ2n) is 5.44. The van der Waals surface area contributed by atoms with Gasteiger partial charge in [0.1, 0.15) is 0 Å². The molecule has 0 bridgehead atoms. The van der Waals surface area contributed by atoms with Gasteiger partial charge in [-0.05, 0) is 37.4 Å². The zero-order valence-corrected chi connectivity index (χ0v) is 12.6. The summed E-state index contributed by atoms with van der Waals surface area (Å²) in [5, 5.41) is 0. The van der Waals surface area contributed by atoms with E-state index in [-0.39, 0.29) is 0 Å². The number of nitrogens with two attached hydrogens (primary N) is 1. The molecular weight excluding hydrogens is 218 g/mol. The predicted molar refractivity (Wildman–Crippen MR) is 71.7 cm³/mol. The van der Waals surface area contributed by atoms with Gasteiger partial charge in [-0.1, -0.05) is 27.7 Å². The largest absolute Gasteiger partial charge is 0.394 e. The summed E-state index contributed by atoms with van der Waals surface area (Å²) in [5.74, 6) is 1.12. The fraction of sp³-hybridized carbons (Fsp3) is 1.00. The van der Waals surface area contributed by atoms with E-state index in [0.29, 0.717) is 11.8 Å². The Labute approximate surface area is 102 Å². The average molecular weight is 247 g/mol. The molecule has 3 nitrogen and oxygen atoms in total. The average Bonchev–Trinajstić information content (AvgIpc) is 2.21. The highest BCUT2D eigenvalue weighted by atomic mass is 28.4. The lowest BCUT2D eigenvalue weighted by molar-refractivity contribution is 0.142. The summed E-state index contributed by atoms with van der Waals surface area (Å²) < 4.78 is 12.0. The van der Waals surface area contributed by atoms with Crippen LogP contribution < -0.4 is 5.73 Å². The van der Waals surface area contributed by atoms with Crippen molar-refractivity contribution in [2.24, 2.45) is 17.6 Å². The molecule has 0 aliphatic heterocycles. The summed E-state index contributed by atoms with van der Waals surface area (Å²) in [7, 11) is -1.98. The molecule has 0 rings (SSSR count). The van der Waals surface area contributed by atoms with E-state index in [2.05, 4.69) is 34.2 Å². The quantitative estimate of drug-likeness (QED) is 0.637. The Hall–Kier alpha value is 0.0969. The molecule has 0 atom stereocenters. The third-order valence-electron chi connectivity index (χ3n) is 2.28. The standard InChI is InChI=1S/C12H29NO2Si/c1-11(2)9-14-16(5,8-6-7-13)15-10-12(3)4/h11-12H,6-10,13H2,1-5H3. The molecule has 0 aliphatic carbocycles. The maximum absolute atomic E-state index is 6.00. The van der Waals surface area contributed by atoms with E-state index < -0.39 is 8.56 Å². The summed E-state index contributed by atoms with van der Waals surface area (Å²) >= 11 is 0. The van der Waals surface area contributed by atoms with Gasteiger partial charge in [-0.3, -0.25) is 0 Å². The highest BCUT2D eigenvalue weighted by molar-refractivity contribution is 6.66. The minimum atomic E-state index is -1.98. The Morgan fingerprint density at radius 1 is 1.00 bits per heavy atom. The number of rotatable bonds is 9. The second kappa shape index (κ2) is 8.23. The van der Waals surface area contributed by atoms with Crippen LogP contribution in [0.3, 0.4) is 0 Å². The van der Waals surface area contributed by atoms with E-state index in [0.717, 1.165) is 32.2 Å². The number of hydrogen-bond donors (Lipinski definition) is 1. The van der Waals surface area contributed by atoms with E-state index in [1.807, 2.05) is 0 Å². The molecule has 0 unspecified atom stereocenters. The molecule has 0 spiro atoms. The molecule has 0 aliphatic rings. The van der Waals surface area contributed by atoms with Crippen molar-refractivity contribution in [3.05, 3.63) is 0 Å². The van der Waals surface area contributed by atoms with Crippen molar-refractivity contribution >= 4 is 8.56 Å². The first kappa shape index (κ1) is 16.1. The van der Waals surface area contributed by atoms with Crippen LogP contribution in [-0.2, 0) is 8.85 Å². The summed E-state index contributed by atoms with van der Waals surface area (Å²) in [6.07, 6.45) is 0.999. The third kappa shape index (κ3) is 8.27.